The van der Waals surface area contributed by atoms with Crippen molar-refractivity contribution in [1.82, 2.24) is 4.31 Å². The molecule has 1 heterocycles. The van der Waals surface area contributed by atoms with Crippen molar-refractivity contribution in [2.24, 2.45) is 5.92 Å². The molecule has 10 nitrogen and oxygen atoms in total. The van der Waals surface area contributed by atoms with Crippen LogP contribution in [-0.4, -0.2) is 54.9 Å². The van der Waals surface area contributed by atoms with E-state index in [9.17, 15) is 28.1 Å². The summed E-state index contributed by atoms with van der Waals surface area (Å²) >= 11 is 0. The lowest BCUT2D eigenvalue weighted by Crippen LogP contribution is -2.45. The van der Waals surface area contributed by atoms with E-state index in [1.807, 2.05) is 13.8 Å². The van der Waals surface area contributed by atoms with Crippen LogP contribution in [0.15, 0.2) is 40.8 Å². The van der Waals surface area contributed by atoms with Crippen LogP contribution in [0.3, 0.4) is 0 Å². The molecule has 0 saturated heterocycles. The molecule has 1 aromatic carbocycles. The summed E-state index contributed by atoms with van der Waals surface area (Å²) in [5.41, 5.74) is -0.0738. The quantitative estimate of drug-likeness (QED) is 0.291. The standard InChI is InChI=1S/C21H28N2O8S/c1-5-30-20(24)12-11-18-17(21(25)31-6-2)13-19(14(3)4)22(18)32(28,29)16-9-7-15(8-10-16)23(26)27/h7-10,13-14,18-19H,5-6,11-12H2,1-4H3/t18-,19-/m0/s1. The highest BCUT2D eigenvalue weighted by atomic mass is 32.2. The minimum Gasteiger partial charge on any atom is -0.466 e. The van der Waals surface area contributed by atoms with E-state index in [0.29, 0.717) is 0 Å². The van der Waals surface area contributed by atoms with Crippen molar-refractivity contribution in [3.63, 3.8) is 0 Å². The van der Waals surface area contributed by atoms with Gasteiger partial charge < -0.3 is 9.47 Å². The Kier molecular flexibility index (Phi) is 8.51. The Balaban J connectivity index is 2.51. The van der Waals surface area contributed by atoms with E-state index in [-0.39, 0.29) is 48.1 Å². The summed E-state index contributed by atoms with van der Waals surface area (Å²) in [6.07, 6.45) is 1.51. The first-order chi connectivity index (χ1) is 15.0. The van der Waals surface area contributed by atoms with E-state index in [0.717, 1.165) is 24.3 Å². The average molecular weight is 469 g/mol. The van der Waals surface area contributed by atoms with E-state index in [1.54, 1.807) is 19.9 Å². The molecule has 1 aliphatic heterocycles. The van der Waals surface area contributed by atoms with Gasteiger partial charge in [-0.25, -0.2) is 13.2 Å². The summed E-state index contributed by atoms with van der Waals surface area (Å²) < 4.78 is 38.5. The van der Waals surface area contributed by atoms with E-state index in [2.05, 4.69) is 0 Å². The van der Waals surface area contributed by atoms with Gasteiger partial charge in [0.15, 0.2) is 0 Å². The number of nitrogens with zero attached hydrogens (tertiary/aromatic N) is 2. The fourth-order valence-corrected chi connectivity index (χ4v) is 5.48. The molecular weight excluding hydrogens is 440 g/mol. The van der Waals surface area contributed by atoms with Crippen molar-refractivity contribution in [3.05, 3.63) is 46.0 Å². The van der Waals surface area contributed by atoms with Crippen LogP contribution >= 0.6 is 0 Å². The number of carbonyl (C=O) groups excluding carboxylic acids is 2. The van der Waals surface area contributed by atoms with E-state index in [1.165, 1.54) is 4.31 Å². The Bertz CT molecular complexity index is 986. The summed E-state index contributed by atoms with van der Waals surface area (Å²) in [4.78, 5) is 34.7. The molecule has 0 bridgehead atoms. The predicted octanol–water partition coefficient (Wildman–Crippen LogP) is 2.83. The molecule has 2 rings (SSSR count). The zero-order valence-corrected chi connectivity index (χ0v) is 19.3. The van der Waals surface area contributed by atoms with Crippen molar-refractivity contribution < 1.29 is 32.4 Å². The first-order valence-corrected chi connectivity index (χ1v) is 11.8. The zero-order chi connectivity index (χ0) is 24.1. The molecule has 1 aromatic rings. The van der Waals surface area contributed by atoms with Crippen LogP contribution < -0.4 is 0 Å². The first-order valence-electron chi connectivity index (χ1n) is 10.4. The predicted molar refractivity (Wildman–Crippen MR) is 115 cm³/mol. The van der Waals surface area contributed by atoms with Crippen molar-refractivity contribution in [3.8, 4) is 0 Å². The Morgan fingerprint density at radius 2 is 1.72 bits per heavy atom. The zero-order valence-electron chi connectivity index (χ0n) is 18.5. The first kappa shape index (κ1) is 25.5. The van der Waals surface area contributed by atoms with Gasteiger partial charge in [-0.2, -0.15) is 4.31 Å². The van der Waals surface area contributed by atoms with E-state index < -0.39 is 39.0 Å². The minimum absolute atomic E-state index is 0.0267. The van der Waals surface area contributed by atoms with Gasteiger partial charge in [0.1, 0.15) is 0 Å². The summed E-state index contributed by atoms with van der Waals surface area (Å²) in [6.45, 7) is 7.24. The maximum Gasteiger partial charge on any atom is 0.335 e. The largest absolute Gasteiger partial charge is 0.466 e. The smallest absolute Gasteiger partial charge is 0.335 e. The highest BCUT2D eigenvalue weighted by molar-refractivity contribution is 7.89. The lowest BCUT2D eigenvalue weighted by Gasteiger charge is -2.32. The van der Waals surface area contributed by atoms with Gasteiger partial charge >= 0.3 is 11.9 Å². The van der Waals surface area contributed by atoms with Gasteiger partial charge in [0.05, 0.1) is 34.6 Å². The van der Waals surface area contributed by atoms with Gasteiger partial charge in [-0.15, -0.1) is 0 Å². The number of sulfonamides is 1. The number of hydrogen-bond donors (Lipinski definition) is 0. The summed E-state index contributed by atoms with van der Waals surface area (Å²) in [6, 6.07) is 2.94. The number of non-ortho nitro benzene ring substituents is 1. The van der Waals surface area contributed by atoms with Crippen LogP contribution in [0.2, 0.25) is 0 Å². The molecule has 0 aromatic heterocycles. The Morgan fingerprint density at radius 3 is 2.22 bits per heavy atom. The second-order valence-corrected chi connectivity index (χ2v) is 9.37. The molecule has 0 spiro atoms. The number of nitro groups is 1. The number of benzene rings is 1. The van der Waals surface area contributed by atoms with Gasteiger partial charge in [-0.1, -0.05) is 19.9 Å². The molecule has 11 heteroatoms. The van der Waals surface area contributed by atoms with Crippen LogP contribution in [0.25, 0.3) is 0 Å². The van der Waals surface area contributed by atoms with Gasteiger partial charge in [0.2, 0.25) is 10.0 Å². The van der Waals surface area contributed by atoms with Crippen LogP contribution in [-0.2, 0) is 29.1 Å². The third-order valence-electron chi connectivity index (χ3n) is 5.05. The van der Waals surface area contributed by atoms with Crippen LogP contribution in [0.1, 0.15) is 40.5 Å². The maximum atomic E-state index is 13.6. The number of rotatable bonds is 10. The molecule has 0 unspecified atom stereocenters. The summed E-state index contributed by atoms with van der Waals surface area (Å²) in [5, 5.41) is 10.9. The molecular formula is C21H28N2O8S. The number of carbonyl (C=O) groups is 2. The average Bonchev–Trinajstić information content (AvgIpc) is 3.13. The SMILES string of the molecule is CCOC(=O)CC[C@H]1C(C(=O)OCC)=C[C@@H](C(C)C)N1S(=O)(=O)c1ccc([N+](=O)[O-])cc1. The van der Waals surface area contributed by atoms with Gasteiger partial charge in [0, 0.05) is 24.6 Å². The van der Waals surface area contributed by atoms with Gasteiger partial charge in [-0.3, -0.25) is 14.9 Å². The summed E-state index contributed by atoms with van der Waals surface area (Å²) in [7, 11) is -4.17. The van der Waals surface area contributed by atoms with Crippen LogP contribution in [0.5, 0.6) is 0 Å². The normalized spacial score (nSPS) is 19.0. The third kappa shape index (κ3) is 5.52. The molecule has 1 aliphatic rings. The number of hydrogen-bond acceptors (Lipinski definition) is 8. The fraction of sp³-hybridized carbons (Fsp3) is 0.524. The topological polar surface area (TPSA) is 133 Å². The lowest BCUT2D eigenvalue weighted by molar-refractivity contribution is -0.384. The molecule has 0 saturated carbocycles. The van der Waals surface area contributed by atoms with Crippen LogP contribution in [0, 0.1) is 16.0 Å². The number of nitro benzene ring substituents is 1. The molecule has 2 atom stereocenters. The van der Waals surface area contributed by atoms with Crippen molar-refractivity contribution in [1.29, 1.82) is 0 Å². The maximum absolute atomic E-state index is 13.6. The molecule has 32 heavy (non-hydrogen) atoms. The van der Waals surface area contributed by atoms with Crippen molar-refractivity contribution in [2.45, 2.75) is 57.5 Å². The monoisotopic (exact) mass is 468 g/mol. The minimum atomic E-state index is -4.17. The lowest BCUT2D eigenvalue weighted by atomic mass is 10.0. The highest BCUT2D eigenvalue weighted by Gasteiger charge is 2.46. The molecule has 0 radical (unpaired) electrons. The summed E-state index contributed by atoms with van der Waals surface area (Å²) in [5.74, 6) is -1.34. The number of ether oxygens (including phenoxy) is 2. The molecule has 0 N–H and O–H groups in total. The van der Waals surface area contributed by atoms with Crippen molar-refractivity contribution in [2.75, 3.05) is 13.2 Å². The fourth-order valence-electron chi connectivity index (χ4n) is 3.58. The van der Waals surface area contributed by atoms with Gasteiger partial charge in [0.25, 0.3) is 5.69 Å². The second-order valence-electron chi connectivity index (χ2n) is 7.52. The molecule has 176 valence electrons. The second kappa shape index (κ2) is 10.7. The highest BCUT2D eigenvalue weighted by Crippen LogP contribution is 2.37. The van der Waals surface area contributed by atoms with Crippen LogP contribution in [0.4, 0.5) is 5.69 Å². The third-order valence-corrected chi connectivity index (χ3v) is 6.98. The Morgan fingerprint density at radius 1 is 1.12 bits per heavy atom. The van der Waals surface area contributed by atoms with Crippen molar-refractivity contribution >= 4 is 27.6 Å². The van der Waals surface area contributed by atoms with E-state index >= 15 is 0 Å². The molecule has 0 amide bonds. The van der Waals surface area contributed by atoms with E-state index in [4.69, 9.17) is 9.47 Å². The van der Waals surface area contributed by atoms with Gasteiger partial charge in [-0.05, 0) is 38.3 Å². The Labute approximate surface area is 187 Å². The molecule has 0 aliphatic carbocycles. The number of esters is 2. The molecule has 0 fully saturated rings. The Hall–Kier alpha value is -2.79.